The van der Waals surface area contributed by atoms with Gasteiger partial charge in [-0.2, -0.15) is 4.99 Å². The number of rotatable bonds is 6. The van der Waals surface area contributed by atoms with Gasteiger partial charge in [-0.05, 0) is 56.0 Å². The van der Waals surface area contributed by atoms with Crippen molar-refractivity contribution < 1.29 is 14.4 Å². The van der Waals surface area contributed by atoms with Crippen LogP contribution in [0.5, 0.6) is 0 Å². The van der Waals surface area contributed by atoms with Crippen LogP contribution in [0.4, 0.5) is 5.69 Å². The Labute approximate surface area is 204 Å². The van der Waals surface area contributed by atoms with Gasteiger partial charge in [-0.1, -0.05) is 41.6 Å². The van der Waals surface area contributed by atoms with Gasteiger partial charge in [0, 0.05) is 44.4 Å². The van der Waals surface area contributed by atoms with Crippen LogP contribution in [0.15, 0.2) is 53.5 Å². The first-order valence-corrected chi connectivity index (χ1v) is 12.5. The number of amides is 3. The molecule has 0 saturated carbocycles. The highest BCUT2D eigenvalue weighted by Gasteiger charge is 2.33. The topological polar surface area (TPSA) is 82.1 Å². The number of benzene rings is 2. The third kappa shape index (κ3) is 6.05. The third-order valence-corrected chi connectivity index (χ3v) is 7.24. The largest absolute Gasteiger partial charge is 0.351 e. The maximum Gasteiger partial charge on any atom is 0.262 e. The molecule has 1 fully saturated rings. The summed E-state index contributed by atoms with van der Waals surface area (Å²) in [6.07, 6.45) is 3.50. The highest BCUT2D eigenvalue weighted by atomic mass is 32.2. The van der Waals surface area contributed by atoms with E-state index in [4.69, 9.17) is 0 Å². The van der Waals surface area contributed by atoms with E-state index in [1.807, 2.05) is 31.2 Å². The summed E-state index contributed by atoms with van der Waals surface area (Å²) < 4.78 is 0. The zero-order valence-electron chi connectivity index (χ0n) is 19.6. The highest BCUT2D eigenvalue weighted by molar-refractivity contribution is 8.15. The summed E-state index contributed by atoms with van der Waals surface area (Å²) in [6.45, 7) is 4.39. The van der Waals surface area contributed by atoms with Gasteiger partial charge in [0.25, 0.3) is 11.8 Å². The van der Waals surface area contributed by atoms with E-state index in [-0.39, 0.29) is 24.1 Å². The second kappa shape index (κ2) is 10.9. The summed E-state index contributed by atoms with van der Waals surface area (Å²) in [5.41, 5.74) is 3.39. The van der Waals surface area contributed by atoms with E-state index in [9.17, 15) is 14.4 Å². The number of nitrogens with zero attached hydrogens (tertiary/aromatic N) is 3. The number of piperidine rings is 1. The van der Waals surface area contributed by atoms with Crippen molar-refractivity contribution in [3.05, 3.63) is 65.2 Å². The molecule has 2 aromatic carbocycles. The molecular weight excluding hydrogens is 448 g/mol. The van der Waals surface area contributed by atoms with Gasteiger partial charge in [0.2, 0.25) is 5.91 Å². The number of aliphatic imine (C=N–C) groups is 1. The van der Waals surface area contributed by atoms with Crippen molar-refractivity contribution in [3.63, 3.8) is 0 Å². The van der Waals surface area contributed by atoms with Gasteiger partial charge in [-0.15, -0.1) is 0 Å². The minimum absolute atomic E-state index is 0.0737. The van der Waals surface area contributed by atoms with Crippen molar-refractivity contribution in [2.45, 2.75) is 44.4 Å². The molecule has 0 unspecified atom stereocenters. The van der Waals surface area contributed by atoms with Crippen LogP contribution in [0.2, 0.25) is 0 Å². The molecule has 2 heterocycles. The van der Waals surface area contributed by atoms with Gasteiger partial charge in [0.15, 0.2) is 5.17 Å². The number of hydrogen-bond donors (Lipinski definition) is 1. The standard InChI is InChI=1S/C26H30N4O3S/c1-18-6-8-19(9-7-18)17-29(2)25(33)20-10-12-21(13-11-20)27-23(31)16-22-24(32)28-26(34-22)30-14-4-3-5-15-30/h6-13,22H,3-5,14-17H2,1-2H3,(H,27,31)/t22-/m0/s1. The lowest BCUT2D eigenvalue weighted by molar-refractivity contribution is -0.121. The Morgan fingerprint density at radius 2 is 1.74 bits per heavy atom. The summed E-state index contributed by atoms with van der Waals surface area (Å²) in [5, 5.41) is 3.10. The molecule has 0 bridgehead atoms. The van der Waals surface area contributed by atoms with Gasteiger partial charge in [0.05, 0.1) is 0 Å². The van der Waals surface area contributed by atoms with E-state index in [0.717, 1.165) is 36.7 Å². The average Bonchev–Trinajstić information content (AvgIpc) is 3.21. The minimum atomic E-state index is -0.479. The first-order valence-electron chi connectivity index (χ1n) is 11.6. The minimum Gasteiger partial charge on any atom is -0.351 e. The molecular formula is C26H30N4O3S. The van der Waals surface area contributed by atoms with Crippen LogP contribution in [0.25, 0.3) is 0 Å². The molecule has 1 atom stereocenters. The summed E-state index contributed by atoms with van der Waals surface area (Å²) in [5.74, 6) is -0.566. The predicted octanol–water partition coefficient (Wildman–Crippen LogP) is 4.08. The van der Waals surface area contributed by atoms with Crippen molar-refractivity contribution >= 4 is 40.3 Å². The number of carbonyl (C=O) groups excluding carboxylic acids is 3. The zero-order chi connectivity index (χ0) is 24.1. The quantitative estimate of drug-likeness (QED) is 0.677. The first kappa shape index (κ1) is 24.0. The fraction of sp³-hybridized carbons (Fsp3) is 0.385. The van der Waals surface area contributed by atoms with Crippen LogP contribution in [0.1, 0.15) is 47.2 Å². The van der Waals surface area contributed by atoms with E-state index in [1.54, 1.807) is 36.2 Å². The Morgan fingerprint density at radius 3 is 2.41 bits per heavy atom. The molecule has 3 amide bonds. The molecule has 2 aliphatic rings. The average molecular weight is 479 g/mol. The van der Waals surface area contributed by atoms with Crippen molar-refractivity contribution in [3.8, 4) is 0 Å². The molecule has 0 aromatic heterocycles. The normalized spacial score (nSPS) is 17.9. The molecule has 0 radical (unpaired) electrons. The van der Waals surface area contributed by atoms with Crippen LogP contribution in [-0.4, -0.2) is 58.1 Å². The van der Waals surface area contributed by atoms with E-state index in [1.165, 1.54) is 23.7 Å². The lowest BCUT2D eigenvalue weighted by Crippen LogP contribution is -2.33. The van der Waals surface area contributed by atoms with Gasteiger partial charge < -0.3 is 15.1 Å². The Hall–Kier alpha value is -3.13. The second-order valence-corrected chi connectivity index (χ2v) is 10.0. The molecule has 2 aliphatic heterocycles. The lowest BCUT2D eigenvalue weighted by Gasteiger charge is -2.27. The molecule has 1 saturated heterocycles. The summed E-state index contributed by atoms with van der Waals surface area (Å²) in [6, 6.07) is 14.9. The molecule has 0 spiro atoms. The monoisotopic (exact) mass is 478 g/mol. The van der Waals surface area contributed by atoms with Crippen LogP contribution < -0.4 is 5.32 Å². The molecule has 1 N–H and O–H groups in total. The fourth-order valence-corrected chi connectivity index (χ4v) is 5.18. The smallest absolute Gasteiger partial charge is 0.262 e. The van der Waals surface area contributed by atoms with Gasteiger partial charge in [-0.25, -0.2) is 0 Å². The number of hydrogen-bond acceptors (Lipinski definition) is 5. The van der Waals surface area contributed by atoms with Crippen LogP contribution in [-0.2, 0) is 16.1 Å². The third-order valence-electron chi connectivity index (χ3n) is 6.03. The Kier molecular flexibility index (Phi) is 7.67. The number of nitrogens with one attached hydrogen (secondary N) is 1. The first-order chi connectivity index (χ1) is 16.4. The highest BCUT2D eigenvalue weighted by Crippen LogP contribution is 2.29. The van der Waals surface area contributed by atoms with Crippen molar-refractivity contribution in [1.29, 1.82) is 0 Å². The van der Waals surface area contributed by atoms with Crippen molar-refractivity contribution in [2.24, 2.45) is 4.99 Å². The summed E-state index contributed by atoms with van der Waals surface area (Å²) in [7, 11) is 1.77. The Balaban J connectivity index is 1.27. The van der Waals surface area contributed by atoms with E-state index in [2.05, 4.69) is 15.2 Å². The van der Waals surface area contributed by atoms with Gasteiger partial charge in [-0.3, -0.25) is 14.4 Å². The number of amidine groups is 1. The van der Waals surface area contributed by atoms with Crippen LogP contribution >= 0.6 is 11.8 Å². The Bertz CT molecular complexity index is 1080. The fourth-order valence-electron chi connectivity index (χ4n) is 4.07. The molecule has 178 valence electrons. The second-order valence-electron chi connectivity index (χ2n) is 8.86. The molecule has 0 aliphatic carbocycles. The van der Waals surface area contributed by atoms with Gasteiger partial charge in [0.1, 0.15) is 5.25 Å². The molecule has 7 nitrogen and oxygen atoms in total. The number of thioether (sulfide) groups is 1. The predicted molar refractivity (Wildman–Crippen MR) is 136 cm³/mol. The van der Waals surface area contributed by atoms with Crippen molar-refractivity contribution in [2.75, 3.05) is 25.5 Å². The van der Waals surface area contributed by atoms with E-state index in [0.29, 0.717) is 17.8 Å². The SMILES string of the molecule is Cc1ccc(CN(C)C(=O)c2ccc(NC(=O)C[C@@H]3SC(N4CCCCC4)=NC3=O)cc2)cc1. The van der Waals surface area contributed by atoms with E-state index < -0.39 is 5.25 Å². The molecule has 4 rings (SSSR count). The molecule has 8 heteroatoms. The summed E-state index contributed by atoms with van der Waals surface area (Å²) in [4.78, 5) is 45.6. The van der Waals surface area contributed by atoms with E-state index >= 15 is 0 Å². The molecule has 2 aromatic rings. The summed E-state index contributed by atoms with van der Waals surface area (Å²) >= 11 is 1.39. The zero-order valence-corrected chi connectivity index (χ0v) is 20.4. The van der Waals surface area contributed by atoms with Crippen molar-refractivity contribution in [1.82, 2.24) is 9.80 Å². The van der Waals surface area contributed by atoms with Crippen LogP contribution in [0.3, 0.4) is 0 Å². The van der Waals surface area contributed by atoms with Gasteiger partial charge >= 0.3 is 0 Å². The number of aryl methyl sites for hydroxylation is 1. The molecule has 34 heavy (non-hydrogen) atoms. The number of carbonyl (C=O) groups is 3. The Morgan fingerprint density at radius 1 is 1.06 bits per heavy atom. The van der Waals surface area contributed by atoms with Crippen LogP contribution in [0, 0.1) is 6.92 Å². The lowest BCUT2D eigenvalue weighted by atomic mass is 10.1. The number of likely N-dealkylation sites (tertiary alicyclic amines) is 1. The maximum atomic E-state index is 12.8. The number of anilines is 1. The maximum absolute atomic E-state index is 12.8.